The van der Waals surface area contributed by atoms with Crippen molar-refractivity contribution in [2.24, 2.45) is 11.8 Å². The first-order chi connectivity index (χ1) is 14.2. The van der Waals surface area contributed by atoms with Crippen molar-refractivity contribution in [3.8, 4) is 0 Å². The zero-order valence-corrected chi connectivity index (χ0v) is 18.4. The second-order valence-electron chi connectivity index (χ2n) is 8.12. The predicted octanol–water partition coefficient (Wildman–Crippen LogP) is 3.73. The molecule has 0 heterocycles. The van der Waals surface area contributed by atoms with E-state index in [1.807, 2.05) is 0 Å². The van der Waals surface area contributed by atoms with Crippen molar-refractivity contribution in [3.63, 3.8) is 0 Å². The fourth-order valence-electron chi connectivity index (χ4n) is 4.27. The average Bonchev–Trinajstić information content (AvgIpc) is 3.06. The minimum absolute atomic E-state index is 0.173. The molecule has 1 N–H and O–H groups in total. The van der Waals surface area contributed by atoms with E-state index in [-0.39, 0.29) is 44.2 Å². The molecule has 0 amide bonds. The summed E-state index contributed by atoms with van der Waals surface area (Å²) in [4.78, 5) is 26.3. The quantitative estimate of drug-likeness (QED) is 0.494. The molecule has 0 saturated heterocycles. The molecule has 2 aliphatic carbocycles. The van der Waals surface area contributed by atoms with Crippen molar-refractivity contribution in [1.82, 2.24) is 4.90 Å². The number of alkyl halides is 3. The molecule has 2 atom stereocenters. The first-order valence-electron chi connectivity index (χ1n) is 9.49. The van der Waals surface area contributed by atoms with Gasteiger partial charge in [0.15, 0.2) is 15.6 Å². The fourth-order valence-corrected chi connectivity index (χ4v) is 5.57. The number of hydrogen-bond acceptors (Lipinski definition) is 6. The number of sulfone groups is 1. The van der Waals surface area contributed by atoms with Crippen LogP contribution in [0.1, 0.15) is 35.2 Å². The van der Waals surface area contributed by atoms with Crippen LogP contribution in [0.3, 0.4) is 0 Å². The highest BCUT2D eigenvalue weighted by Gasteiger charge is 2.44. The van der Waals surface area contributed by atoms with Crippen LogP contribution in [0.5, 0.6) is 0 Å². The molecule has 0 spiro atoms. The van der Waals surface area contributed by atoms with Crippen LogP contribution in [0.2, 0.25) is 5.02 Å². The molecule has 11 heteroatoms. The number of carbonyl (C=O) groups excluding carboxylic acids is 2. The van der Waals surface area contributed by atoms with Crippen molar-refractivity contribution in [3.05, 3.63) is 39.6 Å². The van der Waals surface area contributed by atoms with E-state index >= 15 is 0 Å². The molecule has 2 bridgehead atoms. The highest BCUT2D eigenvalue weighted by molar-refractivity contribution is 7.90. The van der Waals surface area contributed by atoms with Gasteiger partial charge in [-0.15, -0.1) is 0 Å². The monoisotopic (exact) mass is 479 g/mol. The summed E-state index contributed by atoms with van der Waals surface area (Å²) in [7, 11) is -2.73. The van der Waals surface area contributed by atoms with E-state index in [1.165, 1.54) is 0 Å². The molecule has 2 unspecified atom stereocenters. The average molecular weight is 480 g/mol. The molecule has 1 aromatic rings. The van der Waals surface area contributed by atoms with E-state index in [0.29, 0.717) is 19.3 Å². The number of halogens is 4. The number of benzene rings is 1. The van der Waals surface area contributed by atoms with Gasteiger partial charge in [-0.05, 0) is 38.4 Å². The summed E-state index contributed by atoms with van der Waals surface area (Å²) in [6.07, 6.45) is -2.05. The third kappa shape index (κ3) is 4.80. The first-order valence-corrected chi connectivity index (χ1v) is 11.8. The Morgan fingerprint density at radius 3 is 2.45 bits per heavy atom. The first kappa shape index (κ1) is 23.7. The van der Waals surface area contributed by atoms with E-state index in [4.69, 9.17) is 11.6 Å². The zero-order valence-electron chi connectivity index (χ0n) is 16.8. The van der Waals surface area contributed by atoms with Crippen molar-refractivity contribution in [1.29, 1.82) is 0 Å². The molecule has 3 rings (SSSR count). The molecule has 1 aromatic carbocycles. The molecule has 1 saturated carbocycles. The van der Waals surface area contributed by atoms with Crippen LogP contribution in [-0.2, 0) is 21.2 Å². The molecule has 2 aliphatic rings. The topological polar surface area (TPSA) is 91.8 Å². The lowest BCUT2D eigenvalue weighted by Gasteiger charge is -2.23. The van der Waals surface area contributed by atoms with Crippen LogP contribution in [-0.4, -0.2) is 56.0 Å². The Labute approximate surface area is 182 Å². The largest absolute Gasteiger partial charge is 0.511 e. The Hall–Kier alpha value is -1.91. The number of Topliss-reactive ketones (excluding diaryl/α,β-unsaturated/α-hetero) is 2. The lowest BCUT2D eigenvalue weighted by molar-refractivity contribution is -0.144. The number of hydrogen-bond donors (Lipinski definition) is 1. The Morgan fingerprint density at radius 2 is 1.87 bits per heavy atom. The van der Waals surface area contributed by atoms with Gasteiger partial charge in [0.1, 0.15) is 11.3 Å². The van der Waals surface area contributed by atoms with Crippen LogP contribution < -0.4 is 0 Å². The molecule has 0 aliphatic heterocycles. The van der Waals surface area contributed by atoms with Crippen LogP contribution in [0, 0.1) is 11.8 Å². The van der Waals surface area contributed by atoms with E-state index in [9.17, 15) is 36.3 Å². The number of allylic oxidation sites excluding steroid dienone is 2. The van der Waals surface area contributed by atoms with Crippen LogP contribution in [0.4, 0.5) is 13.2 Å². The molecule has 0 aromatic heterocycles. The molecule has 1 fully saturated rings. The SMILES string of the molecule is CN(Cc1c(S(C)(=O)=O)ccc(C(=O)C2=C(O)C3CCC(C3)C2=O)c1Cl)CC(F)(F)F. The smallest absolute Gasteiger partial charge is 0.401 e. The Balaban J connectivity index is 2.07. The molecule has 0 radical (unpaired) electrons. The van der Waals surface area contributed by atoms with Gasteiger partial charge in [-0.1, -0.05) is 11.6 Å². The van der Waals surface area contributed by atoms with E-state index in [1.54, 1.807) is 0 Å². The maximum Gasteiger partial charge on any atom is 0.401 e. The maximum atomic E-state index is 13.1. The Morgan fingerprint density at radius 1 is 1.26 bits per heavy atom. The summed E-state index contributed by atoms with van der Waals surface area (Å²) < 4.78 is 62.6. The van der Waals surface area contributed by atoms with Crippen LogP contribution in [0.25, 0.3) is 0 Å². The van der Waals surface area contributed by atoms with Crippen LogP contribution in [0.15, 0.2) is 28.4 Å². The summed E-state index contributed by atoms with van der Waals surface area (Å²) in [6.45, 7) is -1.81. The zero-order chi connectivity index (χ0) is 23.3. The molecule has 6 nitrogen and oxygen atoms in total. The van der Waals surface area contributed by atoms with Crippen molar-refractivity contribution >= 4 is 33.0 Å². The van der Waals surface area contributed by atoms with Gasteiger partial charge in [0, 0.05) is 35.8 Å². The number of ketones is 2. The van der Waals surface area contributed by atoms with E-state index < -0.39 is 40.7 Å². The summed E-state index contributed by atoms with van der Waals surface area (Å²) in [6, 6.07) is 2.21. The third-order valence-corrected chi connectivity index (χ3v) is 7.25. The minimum atomic E-state index is -4.52. The number of fused-ring (bicyclic) bond motifs is 2. The summed E-state index contributed by atoms with van der Waals surface area (Å²) in [5.41, 5.74) is -0.781. The molecular weight excluding hydrogens is 459 g/mol. The number of carbonyl (C=O) groups is 2. The van der Waals surface area contributed by atoms with E-state index in [0.717, 1.165) is 30.3 Å². The van der Waals surface area contributed by atoms with Gasteiger partial charge in [-0.2, -0.15) is 13.2 Å². The second kappa shape index (κ2) is 8.22. The number of aliphatic hydroxyl groups is 1. The summed E-state index contributed by atoms with van der Waals surface area (Å²) in [5, 5.41) is 10.1. The lowest BCUT2D eigenvalue weighted by Crippen LogP contribution is -2.31. The van der Waals surface area contributed by atoms with Gasteiger partial charge in [0.05, 0.1) is 16.5 Å². The summed E-state index contributed by atoms with van der Waals surface area (Å²) >= 11 is 6.32. The number of aliphatic hydroxyl groups excluding tert-OH is 1. The van der Waals surface area contributed by atoms with Crippen molar-refractivity contribution in [2.45, 2.75) is 36.9 Å². The van der Waals surface area contributed by atoms with Gasteiger partial charge in [0.2, 0.25) is 5.78 Å². The minimum Gasteiger partial charge on any atom is -0.511 e. The highest BCUT2D eigenvalue weighted by atomic mass is 35.5. The van der Waals surface area contributed by atoms with Crippen molar-refractivity contribution in [2.75, 3.05) is 19.8 Å². The summed E-state index contributed by atoms with van der Waals surface area (Å²) in [5.74, 6) is -2.32. The van der Waals surface area contributed by atoms with Crippen molar-refractivity contribution < 1.29 is 36.3 Å². The number of rotatable bonds is 6. The molecule has 31 heavy (non-hydrogen) atoms. The maximum absolute atomic E-state index is 13.1. The standard InChI is InChI=1S/C20H21ClF3NO5S/c1-25(9-20(22,23)24)8-13-14(31(2,29)30)6-5-12(16(13)21)19(28)15-17(26)10-3-4-11(7-10)18(15)27/h5-6,10-11,26H,3-4,7-9H2,1-2H3. The second-order valence-corrected chi connectivity index (χ2v) is 10.5. The predicted molar refractivity (Wildman–Crippen MR) is 107 cm³/mol. The molecular formula is C20H21ClF3NO5S. The number of nitrogens with zero attached hydrogens (tertiary/aromatic N) is 1. The lowest BCUT2D eigenvalue weighted by atomic mass is 9.83. The van der Waals surface area contributed by atoms with E-state index in [2.05, 4.69) is 0 Å². The van der Waals surface area contributed by atoms with Gasteiger partial charge >= 0.3 is 6.18 Å². The third-order valence-electron chi connectivity index (χ3n) is 5.64. The van der Waals surface area contributed by atoms with Gasteiger partial charge in [-0.25, -0.2) is 8.42 Å². The Kier molecular flexibility index (Phi) is 6.29. The normalized spacial score (nSPS) is 21.8. The van der Waals surface area contributed by atoms with Crippen LogP contribution >= 0.6 is 11.6 Å². The van der Waals surface area contributed by atoms with Gasteiger partial charge < -0.3 is 5.11 Å². The van der Waals surface area contributed by atoms with Gasteiger partial charge in [-0.3, -0.25) is 14.5 Å². The fraction of sp³-hybridized carbons (Fsp3) is 0.500. The highest BCUT2D eigenvalue weighted by Crippen LogP contribution is 2.43. The van der Waals surface area contributed by atoms with Gasteiger partial charge in [0.25, 0.3) is 0 Å². The Bertz CT molecular complexity index is 1080. The molecule has 170 valence electrons.